The summed E-state index contributed by atoms with van der Waals surface area (Å²) in [6, 6.07) is 18.5. The molecule has 3 unspecified atom stereocenters. The van der Waals surface area contributed by atoms with Crippen LogP contribution in [0.25, 0.3) is 0 Å². The zero-order valence-electron chi connectivity index (χ0n) is 15.5. The van der Waals surface area contributed by atoms with E-state index in [4.69, 9.17) is 11.6 Å². The molecule has 0 aliphatic carbocycles. The van der Waals surface area contributed by atoms with Gasteiger partial charge in [0.2, 0.25) is 0 Å². The lowest BCUT2D eigenvalue weighted by molar-refractivity contribution is 0.152. The van der Waals surface area contributed by atoms with Gasteiger partial charge in [0, 0.05) is 23.2 Å². The van der Waals surface area contributed by atoms with Crippen molar-refractivity contribution in [2.45, 2.75) is 30.4 Å². The number of fused-ring (bicyclic) bond motifs is 3. The number of rotatable bonds is 3. The Morgan fingerprint density at radius 2 is 2.00 bits per heavy atom. The number of thioether (sulfide) groups is 1. The zero-order valence-corrected chi connectivity index (χ0v) is 17.1. The van der Waals surface area contributed by atoms with Gasteiger partial charge in [0.15, 0.2) is 5.17 Å². The average molecular weight is 423 g/mol. The van der Waals surface area contributed by atoms with E-state index >= 15 is 0 Å². The van der Waals surface area contributed by atoms with Crippen LogP contribution in [0.5, 0.6) is 0 Å². The Morgan fingerprint density at radius 1 is 1.17 bits per heavy atom. The molecule has 0 saturated carbocycles. The molecule has 3 heterocycles. The Labute approximate surface area is 178 Å². The largest absolute Gasteiger partial charge is 0.306 e. The first-order valence-electron chi connectivity index (χ1n) is 9.43. The molecule has 2 N–H and O–H groups in total. The summed E-state index contributed by atoms with van der Waals surface area (Å²) in [5.74, 6) is 0.710. The van der Waals surface area contributed by atoms with Crippen molar-refractivity contribution in [1.29, 1.82) is 5.26 Å². The van der Waals surface area contributed by atoms with E-state index in [2.05, 4.69) is 56.5 Å². The van der Waals surface area contributed by atoms with Crippen molar-refractivity contribution < 1.29 is 0 Å². The smallest absolute Gasteiger partial charge is 0.189 e. The van der Waals surface area contributed by atoms with Gasteiger partial charge in [-0.1, -0.05) is 53.7 Å². The van der Waals surface area contributed by atoms with Crippen molar-refractivity contribution in [3.8, 4) is 6.07 Å². The van der Waals surface area contributed by atoms with E-state index in [0.717, 1.165) is 22.2 Å². The second kappa shape index (κ2) is 7.64. The molecule has 146 valence electrons. The van der Waals surface area contributed by atoms with Crippen molar-refractivity contribution in [3.63, 3.8) is 0 Å². The fourth-order valence-electron chi connectivity index (χ4n) is 3.96. The quantitative estimate of drug-likeness (QED) is 0.785. The monoisotopic (exact) mass is 422 g/mol. The highest BCUT2D eigenvalue weighted by Gasteiger charge is 2.44. The Kier molecular flexibility index (Phi) is 4.84. The molecule has 0 spiro atoms. The highest BCUT2D eigenvalue weighted by atomic mass is 35.5. The molecule has 1 fully saturated rings. The minimum Gasteiger partial charge on any atom is -0.306 e. The van der Waals surface area contributed by atoms with Crippen LogP contribution < -0.4 is 10.9 Å². The van der Waals surface area contributed by atoms with Gasteiger partial charge in [-0.15, -0.1) is 0 Å². The summed E-state index contributed by atoms with van der Waals surface area (Å²) in [7, 11) is 0. The number of hydrazone groups is 1. The van der Waals surface area contributed by atoms with Gasteiger partial charge in [-0.3, -0.25) is 5.43 Å². The van der Waals surface area contributed by atoms with Crippen molar-refractivity contribution in [1.82, 2.24) is 20.8 Å². The molecule has 5 rings (SSSR count). The minimum atomic E-state index is 0.0820. The van der Waals surface area contributed by atoms with Crippen LogP contribution in [0.2, 0.25) is 5.02 Å². The number of nitriles is 1. The predicted octanol–water partition coefficient (Wildman–Crippen LogP) is 3.75. The topological polar surface area (TPSA) is 66.7 Å². The second-order valence-electron chi connectivity index (χ2n) is 7.17. The maximum atomic E-state index is 9.29. The first-order chi connectivity index (χ1) is 14.2. The van der Waals surface area contributed by atoms with E-state index in [9.17, 15) is 5.26 Å². The summed E-state index contributed by atoms with van der Waals surface area (Å²) in [6.45, 7) is 0. The Balaban J connectivity index is 1.27. The minimum absolute atomic E-state index is 0.0820. The number of halogens is 1. The maximum Gasteiger partial charge on any atom is 0.189 e. The van der Waals surface area contributed by atoms with Crippen molar-refractivity contribution in [2.75, 3.05) is 0 Å². The lowest BCUT2D eigenvalue weighted by Gasteiger charge is -2.36. The van der Waals surface area contributed by atoms with Crippen molar-refractivity contribution in [3.05, 3.63) is 82.6 Å². The molecule has 29 heavy (non-hydrogen) atoms. The third kappa shape index (κ3) is 3.44. The van der Waals surface area contributed by atoms with E-state index < -0.39 is 0 Å². The Hall–Kier alpha value is -2.66. The second-order valence-corrected chi connectivity index (χ2v) is 8.55. The van der Waals surface area contributed by atoms with Gasteiger partial charge in [-0.25, -0.2) is 5.43 Å². The highest BCUT2D eigenvalue weighted by molar-refractivity contribution is 8.13. The summed E-state index contributed by atoms with van der Waals surface area (Å²) in [4.78, 5) is 2.19. The normalized spacial score (nSPS) is 24.6. The van der Waals surface area contributed by atoms with Crippen LogP contribution in [0.15, 0.2) is 66.0 Å². The summed E-state index contributed by atoms with van der Waals surface area (Å²) in [6.07, 6.45) is 5.17. The lowest BCUT2D eigenvalue weighted by Crippen LogP contribution is -2.54. The van der Waals surface area contributed by atoms with Gasteiger partial charge in [-0.2, -0.15) is 10.4 Å². The molecular weight excluding hydrogens is 404 g/mol. The first kappa shape index (κ1) is 18.4. The molecule has 8 heteroatoms. The molecule has 3 aliphatic rings. The van der Waals surface area contributed by atoms with Crippen molar-refractivity contribution >= 4 is 28.5 Å². The lowest BCUT2D eigenvalue weighted by atomic mass is 10.00. The molecule has 2 aromatic rings. The van der Waals surface area contributed by atoms with Crippen LogP contribution in [0.1, 0.15) is 29.2 Å². The van der Waals surface area contributed by atoms with E-state index in [0.29, 0.717) is 11.3 Å². The van der Waals surface area contributed by atoms with E-state index in [1.807, 2.05) is 36.4 Å². The van der Waals surface area contributed by atoms with Crippen LogP contribution in [-0.2, 0) is 5.75 Å². The number of amidine groups is 1. The van der Waals surface area contributed by atoms with Crippen LogP contribution in [-0.4, -0.2) is 27.3 Å². The summed E-state index contributed by atoms with van der Waals surface area (Å²) < 4.78 is 0. The van der Waals surface area contributed by atoms with Crippen LogP contribution in [0, 0.1) is 11.3 Å². The molecule has 0 radical (unpaired) electrons. The van der Waals surface area contributed by atoms with Gasteiger partial charge >= 0.3 is 0 Å². The molecular formula is C21H19ClN6S. The molecule has 3 aliphatic heterocycles. The van der Waals surface area contributed by atoms with E-state index in [1.54, 1.807) is 11.8 Å². The number of hydrogen-bond donors (Lipinski definition) is 2. The Bertz CT molecular complexity index is 1010. The summed E-state index contributed by atoms with van der Waals surface area (Å²) >= 11 is 7.67. The number of nitrogens with one attached hydrogen (secondary N) is 2. The molecule has 6 nitrogen and oxygen atoms in total. The van der Waals surface area contributed by atoms with Gasteiger partial charge in [0.05, 0.1) is 23.7 Å². The van der Waals surface area contributed by atoms with Crippen molar-refractivity contribution in [2.24, 2.45) is 5.10 Å². The zero-order chi connectivity index (χ0) is 19.8. The summed E-state index contributed by atoms with van der Waals surface area (Å²) in [5.41, 5.74) is 9.84. The van der Waals surface area contributed by atoms with E-state index in [1.165, 1.54) is 5.56 Å². The Morgan fingerprint density at radius 3 is 2.83 bits per heavy atom. The third-order valence-electron chi connectivity index (χ3n) is 5.47. The number of hydrogen-bond acceptors (Lipinski definition) is 7. The average Bonchev–Trinajstić information content (AvgIpc) is 3.37. The van der Waals surface area contributed by atoms with Gasteiger partial charge in [0.1, 0.15) is 6.17 Å². The molecule has 0 aromatic heterocycles. The number of benzene rings is 2. The highest BCUT2D eigenvalue weighted by Crippen LogP contribution is 2.35. The standard InChI is InChI=1S/C21H19ClN6S/c22-17-7-5-14(6-8-17)18-11-19-20-24-25-21(27(20)9-10-28(19)26-18)29-13-16-4-2-1-3-15(16)12-23/h1-10,18-20,24,26H,11,13H2. The third-order valence-corrected chi connectivity index (χ3v) is 6.74. The number of nitrogens with zero attached hydrogens (tertiary/aromatic N) is 4. The molecule has 0 amide bonds. The van der Waals surface area contributed by atoms with Gasteiger partial charge in [0.25, 0.3) is 0 Å². The maximum absolute atomic E-state index is 9.29. The summed E-state index contributed by atoms with van der Waals surface area (Å²) in [5, 5.41) is 17.7. The predicted molar refractivity (Wildman–Crippen MR) is 115 cm³/mol. The molecule has 0 bridgehead atoms. The van der Waals surface area contributed by atoms with Crippen LogP contribution in [0.4, 0.5) is 0 Å². The van der Waals surface area contributed by atoms with Gasteiger partial charge in [-0.05, 0) is 35.7 Å². The molecule has 1 saturated heterocycles. The fourth-order valence-corrected chi connectivity index (χ4v) is 5.06. The SMILES string of the molecule is N#Cc1ccccc1CSC1=NNC2C3CC(c4ccc(Cl)cc4)NN3C=CN12. The van der Waals surface area contributed by atoms with Gasteiger partial charge < -0.3 is 9.91 Å². The molecule has 2 aromatic carbocycles. The van der Waals surface area contributed by atoms with Crippen LogP contribution >= 0.6 is 23.4 Å². The van der Waals surface area contributed by atoms with Crippen LogP contribution in [0.3, 0.4) is 0 Å². The molecule has 3 atom stereocenters. The first-order valence-corrected chi connectivity index (χ1v) is 10.8. The van der Waals surface area contributed by atoms with E-state index in [-0.39, 0.29) is 18.2 Å². The fraction of sp³-hybridized carbons (Fsp3) is 0.238. The number of hydrazine groups is 1.